The summed E-state index contributed by atoms with van der Waals surface area (Å²) in [7, 11) is 0. The first-order chi connectivity index (χ1) is 14.5. The fraction of sp³-hybridized carbons (Fsp3) is 0.348. The Morgan fingerprint density at radius 2 is 1.80 bits per heavy atom. The van der Waals surface area contributed by atoms with Crippen LogP contribution in [0.4, 0.5) is 0 Å². The van der Waals surface area contributed by atoms with Crippen LogP contribution >= 0.6 is 0 Å². The summed E-state index contributed by atoms with van der Waals surface area (Å²) in [4.78, 5) is 21.1. The van der Waals surface area contributed by atoms with Crippen LogP contribution in [0.25, 0.3) is 17.5 Å². The van der Waals surface area contributed by atoms with Gasteiger partial charge in [0.2, 0.25) is 17.6 Å². The van der Waals surface area contributed by atoms with Gasteiger partial charge in [0.1, 0.15) is 11.5 Å². The minimum atomic E-state index is -0.00409. The second kappa shape index (κ2) is 8.67. The first kappa shape index (κ1) is 20.1. The number of rotatable bonds is 5. The van der Waals surface area contributed by atoms with E-state index in [0.717, 1.165) is 24.4 Å². The van der Waals surface area contributed by atoms with E-state index >= 15 is 0 Å². The van der Waals surface area contributed by atoms with Crippen LogP contribution in [0.1, 0.15) is 35.9 Å². The summed E-state index contributed by atoms with van der Waals surface area (Å²) in [5, 5.41) is 4.13. The van der Waals surface area contributed by atoms with Crippen molar-refractivity contribution in [3.63, 3.8) is 0 Å². The maximum atomic E-state index is 12.4. The van der Waals surface area contributed by atoms with Crippen molar-refractivity contribution in [1.29, 1.82) is 0 Å². The number of furan rings is 1. The van der Waals surface area contributed by atoms with E-state index in [-0.39, 0.29) is 11.9 Å². The van der Waals surface area contributed by atoms with E-state index in [9.17, 15) is 4.79 Å². The van der Waals surface area contributed by atoms with E-state index < -0.39 is 0 Å². The highest BCUT2D eigenvalue weighted by Gasteiger charge is 2.27. The predicted molar refractivity (Wildman–Crippen MR) is 114 cm³/mol. The quantitative estimate of drug-likeness (QED) is 0.599. The molecule has 30 heavy (non-hydrogen) atoms. The number of carbonyl (C=O) groups is 1. The van der Waals surface area contributed by atoms with Crippen molar-refractivity contribution in [2.75, 3.05) is 26.2 Å². The molecule has 1 aliphatic heterocycles. The number of hydrogen-bond acceptors (Lipinski definition) is 6. The average molecular weight is 406 g/mol. The van der Waals surface area contributed by atoms with Gasteiger partial charge < -0.3 is 13.8 Å². The Kier molecular flexibility index (Phi) is 5.81. The van der Waals surface area contributed by atoms with Gasteiger partial charge >= 0.3 is 0 Å². The summed E-state index contributed by atoms with van der Waals surface area (Å²) in [6, 6.07) is 11.8. The molecule has 1 aliphatic rings. The molecule has 3 aromatic rings. The van der Waals surface area contributed by atoms with Gasteiger partial charge in [0, 0.05) is 37.8 Å². The SMILES string of the molecule is Cc1ccc(-c2noc(C(C)N3CCN(C(=O)/C=C/c4ccc(C)o4)CC3)n2)cc1. The van der Waals surface area contributed by atoms with E-state index in [0.29, 0.717) is 30.6 Å². The third kappa shape index (κ3) is 4.52. The summed E-state index contributed by atoms with van der Waals surface area (Å²) >= 11 is 0. The Bertz CT molecular complexity index is 1030. The molecule has 0 bridgehead atoms. The third-order valence-corrected chi connectivity index (χ3v) is 5.43. The van der Waals surface area contributed by atoms with E-state index in [1.807, 2.05) is 55.1 Å². The molecule has 1 unspecified atom stereocenters. The Hall–Kier alpha value is -3.19. The molecule has 0 aliphatic carbocycles. The van der Waals surface area contributed by atoms with Gasteiger partial charge in [-0.05, 0) is 39.0 Å². The zero-order valence-corrected chi connectivity index (χ0v) is 17.5. The lowest BCUT2D eigenvalue weighted by Gasteiger charge is -2.36. The molecule has 0 N–H and O–H groups in total. The number of benzene rings is 1. The number of nitrogens with zero attached hydrogens (tertiary/aromatic N) is 4. The third-order valence-electron chi connectivity index (χ3n) is 5.43. The fourth-order valence-corrected chi connectivity index (χ4v) is 3.51. The molecule has 1 amide bonds. The summed E-state index contributed by atoms with van der Waals surface area (Å²) in [6.45, 7) is 8.81. The van der Waals surface area contributed by atoms with Gasteiger partial charge in [0.25, 0.3) is 0 Å². The largest absolute Gasteiger partial charge is 0.462 e. The first-order valence-electron chi connectivity index (χ1n) is 10.2. The van der Waals surface area contributed by atoms with Crippen LogP contribution in [0.15, 0.2) is 51.4 Å². The van der Waals surface area contributed by atoms with Gasteiger partial charge in [0.15, 0.2) is 0 Å². The highest BCUT2D eigenvalue weighted by atomic mass is 16.5. The zero-order valence-electron chi connectivity index (χ0n) is 17.5. The normalized spacial score (nSPS) is 16.3. The van der Waals surface area contributed by atoms with Gasteiger partial charge in [0.05, 0.1) is 6.04 Å². The van der Waals surface area contributed by atoms with Crippen LogP contribution in [-0.4, -0.2) is 52.0 Å². The van der Waals surface area contributed by atoms with Crippen LogP contribution in [-0.2, 0) is 4.79 Å². The molecule has 7 heteroatoms. The van der Waals surface area contributed by atoms with E-state index in [1.165, 1.54) is 5.56 Å². The molecule has 156 valence electrons. The summed E-state index contributed by atoms with van der Waals surface area (Å²) in [5.41, 5.74) is 2.13. The molecule has 1 atom stereocenters. The van der Waals surface area contributed by atoms with Gasteiger partial charge in [-0.25, -0.2) is 0 Å². The lowest BCUT2D eigenvalue weighted by Crippen LogP contribution is -2.48. The summed E-state index contributed by atoms with van der Waals surface area (Å²) < 4.78 is 11.0. The summed E-state index contributed by atoms with van der Waals surface area (Å²) in [5.74, 6) is 2.71. The van der Waals surface area contributed by atoms with Crippen molar-refractivity contribution >= 4 is 12.0 Å². The molecular formula is C23H26N4O3. The van der Waals surface area contributed by atoms with Crippen molar-refractivity contribution in [3.8, 4) is 11.4 Å². The first-order valence-corrected chi connectivity index (χ1v) is 10.2. The molecule has 0 saturated carbocycles. The molecule has 4 rings (SSSR count). The number of carbonyl (C=O) groups excluding carboxylic acids is 1. The van der Waals surface area contributed by atoms with Crippen molar-refractivity contribution in [2.45, 2.75) is 26.8 Å². The van der Waals surface area contributed by atoms with Gasteiger partial charge in [-0.2, -0.15) is 4.98 Å². The van der Waals surface area contributed by atoms with Crippen molar-refractivity contribution in [2.24, 2.45) is 0 Å². The number of amides is 1. The monoisotopic (exact) mass is 406 g/mol. The Morgan fingerprint density at radius 1 is 1.07 bits per heavy atom. The molecule has 2 aromatic heterocycles. The molecule has 1 fully saturated rings. The number of aryl methyl sites for hydroxylation is 2. The maximum absolute atomic E-state index is 12.4. The minimum absolute atomic E-state index is 0.00389. The van der Waals surface area contributed by atoms with Crippen LogP contribution in [0.3, 0.4) is 0 Å². The second-order valence-corrected chi connectivity index (χ2v) is 7.64. The molecule has 3 heterocycles. The average Bonchev–Trinajstić information content (AvgIpc) is 3.41. The van der Waals surface area contributed by atoms with Gasteiger partial charge in [-0.15, -0.1) is 0 Å². The number of piperazine rings is 1. The van der Waals surface area contributed by atoms with Crippen molar-refractivity contribution < 1.29 is 13.7 Å². The molecule has 7 nitrogen and oxygen atoms in total. The van der Waals surface area contributed by atoms with Crippen LogP contribution in [0, 0.1) is 13.8 Å². The molecule has 0 spiro atoms. The zero-order chi connectivity index (χ0) is 21.1. The second-order valence-electron chi connectivity index (χ2n) is 7.64. The van der Waals surface area contributed by atoms with Crippen LogP contribution in [0.2, 0.25) is 0 Å². The number of hydrogen-bond donors (Lipinski definition) is 0. The van der Waals surface area contributed by atoms with Crippen molar-refractivity contribution in [3.05, 3.63) is 65.4 Å². The molecule has 1 aromatic carbocycles. The molecule has 0 radical (unpaired) electrons. The highest BCUT2D eigenvalue weighted by Crippen LogP contribution is 2.24. The van der Waals surface area contributed by atoms with Crippen molar-refractivity contribution in [1.82, 2.24) is 19.9 Å². The Morgan fingerprint density at radius 3 is 2.47 bits per heavy atom. The fourth-order valence-electron chi connectivity index (χ4n) is 3.51. The Labute approximate surface area is 176 Å². The number of aromatic nitrogens is 2. The van der Waals surface area contributed by atoms with Crippen LogP contribution < -0.4 is 0 Å². The van der Waals surface area contributed by atoms with Gasteiger partial charge in [-0.3, -0.25) is 9.69 Å². The lowest BCUT2D eigenvalue weighted by atomic mass is 10.1. The summed E-state index contributed by atoms with van der Waals surface area (Å²) in [6.07, 6.45) is 3.29. The van der Waals surface area contributed by atoms with E-state index in [2.05, 4.69) is 22.0 Å². The van der Waals surface area contributed by atoms with Gasteiger partial charge in [-0.1, -0.05) is 35.0 Å². The minimum Gasteiger partial charge on any atom is -0.462 e. The highest BCUT2D eigenvalue weighted by molar-refractivity contribution is 5.91. The predicted octanol–water partition coefficient (Wildman–Crippen LogP) is 3.87. The molecular weight excluding hydrogens is 380 g/mol. The topological polar surface area (TPSA) is 75.6 Å². The standard InChI is InChI=1S/C23H26N4O3/c1-16-4-7-19(8-5-16)22-24-23(30-25-22)18(3)26-12-14-27(15-13-26)21(28)11-10-20-9-6-17(2)29-20/h4-11,18H,12-15H2,1-3H3/b11-10+. The lowest BCUT2D eigenvalue weighted by molar-refractivity contribution is -0.128. The van der Waals surface area contributed by atoms with Crippen LogP contribution in [0.5, 0.6) is 0 Å². The van der Waals surface area contributed by atoms with E-state index in [4.69, 9.17) is 8.94 Å². The van der Waals surface area contributed by atoms with E-state index in [1.54, 1.807) is 12.2 Å². The maximum Gasteiger partial charge on any atom is 0.246 e. The smallest absolute Gasteiger partial charge is 0.246 e. The Balaban J connectivity index is 1.33. The molecule has 1 saturated heterocycles.